The molecule has 5 aromatic rings. The van der Waals surface area contributed by atoms with Crippen molar-refractivity contribution in [1.29, 1.82) is 0 Å². The molecule has 0 radical (unpaired) electrons. The summed E-state index contributed by atoms with van der Waals surface area (Å²) in [6.07, 6.45) is 1.56. The Morgan fingerprint density at radius 3 is 2.11 bits per heavy atom. The van der Waals surface area contributed by atoms with Gasteiger partial charge in [-0.1, -0.05) is 84.4 Å². The number of fused-ring (bicyclic) bond motifs is 1. The molecule has 0 bridgehead atoms. The van der Waals surface area contributed by atoms with Crippen LogP contribution in [-0.4, -0.2) is 24.5 Å². The normalized spacial score (nSPS) is 11.1. The second-order valence-electron chi connectivity index (χ2n) is 8.21. The molecular weight excluding hydrogens is 464 g/mol. The maximum Gasteiger partial charge on any atom is 0.333 e. The van der Waals surface area contributed by atoms with Gasteiger partial charge in [0.25, 0.3) is 5.56 Å². The van der Waals surface area contributed by atoms with Gasteiger partial charge in [0.2, 0.25) is 0 Å². The predicted molar refractivity (Wildman–Crippen MR) is 135 cm³/mol. The molecule has 0 atom stereocenters. The Morgan fingerprint density at radius 2 is 1.46 bits per heavy atom. The minimum Gasteiger partial charge on any atom is -0.320 e. The number of hydrogen-bond acceptors (Lipinski definition) is 4. The molecule has 0 aliphatic carbocycles. The third-order valence-electron chi connectivity index (χ3n) is 5.81. The van der Waals surface area contributed by atoms with Crippen molar-refractivity contribution < 1.29 is 4.79 Å². The monoisotopic (exact) mass is 484 g/mol. The van der Waals surface area contributed by atoms with Gasteiger partial charge in [0.15, 0.2) is 16.9 Å². The highest BCUT2D eigenvalue weighted by molar-refractivity contribution is 6.31. The molecule has 35 heavy (non-hydrogen) atoms. The number of Topliss-reactive ketones (excluding diaryl/α,β-unsaturated/α-hetero) is 1. The van der Waals surface area contributed by atoms with Crippen molar-refractivity contribution in [2.75, 3.05) is 0 Å². The fourth-order valence-corrected chi connectivity index (χ4v) is 4.27. The zero-order chi connectivity index (χ0) is 24.4. The van der Waals surface area contributed by atoms with E-state index in [0.29, 0.717) is 17.1 Å². The van der Waals surface area contributed by atoms with E-state index < -0.39 is 17.8 Å². The third kappa shape index (κ3) is 4.58. The second-order valence-corrected chi connectivity index (χ2v) is 8.65. The summed E-state index contributed by atoms with van der Waals surface area (Å²) in [4.78, 5) is 44.5. The zero-order valence-corrected chi connectivity index (χ0v) is 19.4. The summed E-state index contributed by atoms with van der Waals surface area (Å²) >= 11 is 6.03. The molecule has 0 N–H and O–H groups in total. The van der Waals surface area contributed by atoms with Crippen molar-refractivity contribution >= 4 is 28.5 Å². The Balaban J connectivity index is 1.66. The lowest BCUT2D eigenvalue weighted by molar-refractivity contribution is 0.0969. The molecule has 5 rings (SSSR count). The lowest BCUT2D eigenvalue weighted by Gasteiger charge is -2.13. The first-order valence-electron chi connectivity index (χ1n) is 11.1. The number of benzene rings is 3. The number of rotatable bonds is 7. The van der Waals surface area contributed by atoms with E-state index in [1.807, 2.05) is 60.7 Å². The minimum atomic E-state index is -0.591. The van der Waals surface area contributed by atoms with Crippen LogP contribution in [-0.2, 0) is 19.6 Å². The summed E-state index contributed by atoms with van der Waals surface area (Å²) in [5.74, 6) is -0.383. The summed E-state index contributed by atoms with van der Waals surface area (Å²) in [6.45, 7) is 0.210. The molecule has 8 heteroatoms. The lowest BCUT2D eigenvalue weighted by Crippen LogP contribution is -2.42. The molecule has 3 aromatic carbocycles. The van der Waals surface area contributed by atoms with Crippen molar-refractivity contribution in [1.82, 2.24) is 18.7 Å². The molecular formula is C27H21ClN4O3. The maximum absolute atomic E-state index is 13.6. The van der Waals surface area contributed by atoms with Gasteiger partial charge < -0.3 is 4.57 Å². The Morgan fingerprint density at radius 1 is 0.800 bits per heavy atom. The fraction of sp³-hybridized carbons (Fsp3) is 0.111. The zero-order valence-electron chi connectivity index (χ0n) is 18.7. The van der Waals surface area contributed by atoms with Gasteiger partial charge in [0.05, 0.1) is 19.4 Å². The third-order valence-corrected chi connectivity index (χ3v) is 6.05. The van der Waals surface area contributed by atoms with Crippen LogP contribution >= 0.6 is 11.6 Å². The van der Waals surface area contributed by atoms with Crippen molar-refractivity contribution in [3.05, 3.63) is 134 Å². The molecule has 0 saturated heterocycles. The van der Waals surface area contributed by atoms with Gasteiger partial charge >= 0.3 is 5.69 Å². The van der Waals surface area contributed by atoms with Gasteiger partial charge in [-0.2, -0.15) is 0 Å². The molecule has 2 aromatic heterocycles. The van der Waals surface area contributed by atoms with Crippen LogP contribution in [0.2, 0.25) is 5.02 Å². The average Bonchev–Trinajstić information content (AvgIpc) is 3.29. The van der Waals surface area contributed by atoms with E-state index in [4.69, 9.17) is 11.6 Å². The first kappa shape index (κ1) is 22.6. The Labute approximate surface area is 205 Å². The van der Waals surface area contributed by atoms with Crippen LogP contribution in [0.15, 0.2) is 101 Å². The molecule has 7 nitrogen and oxygen atoms in total. The number of carbonyl (C=O) groups excluding carboxylic acids is 1. The van der Waals surface area contributed by atoms with E-state index in [2.05, 4.69) is 4.98 Å². The summed E-state index contributed by atoms with van der Waals surface area (Å²) < 4.78 is 4.14. The van der Waals surface area contributed by atoms with Crippen molar-refractivity contribution in [2.24, 2.45) is 0 Å². The topological polar surface area (TPSA) is 78.9 Å². The molecule has 0 saturated carbocycles. The Hall–Kier alpha value is -4.23. The van der Waals surface area contributed by atoms with Gasteiger partial charge in [-0.25, -0.2) is 9.78 Å². The standard InChI is InChI=1S/C27H21ClN4O3/c28-22-13-7-12-21(14-22)23(33)17-32-26(34)24-25(29-18-30(24)15-19-8-3-1-4-9-19)31(27(32)35)16-20-10-5-2-6-11-20/h1-14,18H,15-17H2. The summed E-state index contributed by atoms with van der Waals surface area (Å²) in [5, 5.41) is 0.404. The van der Waals surface area contributed by atoms with Crippen LogP contribution in [0, 0.1) is 0 Å². The Bertz CT molecular complexity index is 1640. The predicted octanol–water partition coefficient (Wildman–Crippen LogP) is 3.99. The number of hydrogen-bond donors (Lipinski definition) is 0. The first-order chi connectivity index (χ1) is 17.0. The van der Waals surface area contributed by atoms with Crippen LogP contribution in [0.25, 0.3) is 11.2 Å². The lowest BCUT2D eigenvalue weighted by atomic mass is 10.1. The number of carbonyl (C=O) groups is 1. The van der Waals surface area contributed by atoms with Gasteiger partial charge in [-0.15, -0.1) is 0 Å². The van der Waals surface area contributed by atoms with Crippen LogP contribution in [0.3, 0.4) is 0 Å². The Kier molecular flexibility index (Phi) is 6.16. The van der Waals surface area contributed by atoms with Crippen molar-refractivity contribution in [2.45, 2.75) is 19.6 Å². The first-order valence-corrected chi connectivity index (χ1v) is 11.4. The molecule has 174 valence electrons. The van der Waals surface area contributed by atoms with E-state index in [1.54, 1.807) is 29.1 Å². The average molecular weight is 485 g/mol. The van der Waals surface area contributed by atoms with Crippen molar-refractivity contribution in [3.63, 3.8) is 0 Å². The molecule has 0 aliphatic heterocycles. The smallest absolute Gasteiger partial charge is 0.320 e. The van der Waals surface area contributed by atoms with Gasteiger partial charge in [-0.05, 0) is 23.3 Å². The van der Waals surface area contributed by atoms with Crippen LogP contribution in [0.5, 0.6) is 0 Å². The highest BCUT2D eigenvalue weighted by atomic mass is 35.5. The van der Waals surface area contributed by atoms with E-state index in [-0.39, 0.29) is 23.5 Å². The number of nitrogens with zero attached hydrogens (tertiary/aromatic N) is 4. The largest absolute Gasteiger partial charge is 0.333 e. The SMILES string of the molecule is O=C(Cn1c(=O)c2c(ncn2Cc2ccccc2)n(Cc2ccccc2)c1=O)c1cccc(Cl)c1. The number of ketones is 1. The molecule has 0 amide bonds. The summed E-state index contributed by atoms with van der Waals surface area (Å²) in [5.41, 5.74) is 1.59. The van der Waals surface area contributed by atoms with Gasteiger partial charge in [0.1, 0.15) is 0 Å². The summed E-state index contributed by atoms with van der Waals surface area (Å²) in [6, 6.07) is 25.5. The van der Waals surface area contributed by atoms with E-state index in [0.717, 1.165) is 15.7 Å². The van der Waals surface area contributed by atoms with E-state index in [9.17, 15) is 14.4 Å². The van der Waals surface area contributed by atoms with E-state index >= 15 is 0 Å². The quantitative estimate of drug-likeness (QED) is 0.327. The highest BCUT2D eigenvalue weighted by Crippen LogP contribution is 2.14. The van der Waals surface area contributed by atoms with Crippen LogP contribution in [0.1, 0.15) is 21.5 Å². The molecule has 0 spiro atoms. The number of halogens is 1. The van der Waals surface area contributed by atoms with E-state index in [1.165, 1.54) is 10.6 Å². The highest BCUT2D eigenvalue weighted by Gasteiger charge is 2.20. The second kappa shape index (κ2) is 9.56. The molecule has 0 unspecified atom stereocenters. The van der Waals surface area contributed by atoms with Crippen LogP contribution < -0.4 is 11.2 Å². The molecule has 0 aliphatic rings. The summed E-state index contributed by atoms with van der Waals surface area (Å²) in [7, 11) is 0. The molecule has 0 fully saturated rings. The maximum atomic E-state index is 13.6. The number of aromatic nitrogens is 4. The van der Waals surface area contributed by atoms with Gasteiger partial charge in [-0.3, -0.25) is 18.7 Å². The fourth-order valence-electron chi connectivity index (χ4n) is 4.08. The minimum absolute atomic E-state index is 0.212. The van der Waals surface area contributed by atoms with Crippen molar-refractivity contribution in [3.8, 4) is 0 Å². The number of imidazole rings is 1. The van der Waals surface area contributed by atoms with Crippen LogP contribution in [0.4, 0.5) is 0 Å². The van der Waals surface area contributed by atoms with Gasteiger partial charge in [0, 0.05) is 17.1 Å². The molecule has 2 heterocycles.